The van der Waals surface area contributed by atoms with Gasteiger partial charge in [0.15, 0.2) is 0 Å². The highest BCUT2D eigenvalue weighted by Crippen LogP contribution is 2.18. The van der Waals surface area contributed by atoms with Crippen LogP contribution in [0.5, 0.6) is 0 Å². The molecule has 0 atom stereocenters. The van der Waals surface area contributed by atoms with Crippen LogP contribution in [0.2, 0.25) is 0 Å². The molecule has 1 aromatic heterocycles. The number of aromatic nitrogens is 2. The standard InChI is InChI=1S/C11H16N4O2S/c1-8-3-4-10-9(7-8)14-11(12)15(10)6-5-13-18(2,16)17/h3-4,7,13H,5-6H2,1-2H3,(H2,12,14). The lowest BCUT2D eigenvalue weighted by molar-refractivity contribution is 0.581. The fourth-order valence-corrected chi connectivity index (χ4v) is 2.30. The molecule has 1 aromatic carbocycles. The number of nitrogens with zero attached hydrogens (tertiary/aromatic N) is 2. The van der Waals surface area contributed by atoms with E-state index < -0.39 is 10.0 Å². The predicted octanol–water partition coefficient (Wildman–Crippen LogP) is 0.476. The maximum absolute atomic E-state index is 11.0. The molecule has 18 heavy (non-hydrogen) atoms. The quantitative estimate of drug-likeness (QED) is 0.843. The second kappa shape index (κ2) is 4.58. The number of fused-ring (bicyclic) bond motifs is 1. The van der Waals surface area contributed by atoms with Gasteiger partial charge in [0.2, 0.25) is 16.0 Å². The summed E-state index contributed by atoms with van der Waals surface area (Å²) in [6.45, 7) is 2.74. The molecule has 3 N–H and O–H groups in total. The van der Waals surface area contributed by atoms with Crippen LogP contribution in [0.3, 0.4) is 0 Å². The number of nitrogens with one attached hydrogen (secondary N) is 1. The average molecular weight is 268 g/mol. The van der Waals surface area contributed by atoms with Crippen LogP contribution in [-0.2, 0) is 16.6 Å². The van der Waals surface area contributed by atoms with Gasteiger partial charge in [0.25, 0.3) is 0 Å². The molecule has 0 amide bonds. The lowest BCUT2D eigenvalue weighted by atomic mass is 10.2. The van der Waals surface area contributed by atoms with E-state index in [4.69, 9.17) is 5.73 Å². The highest BCUT2D eigenvalue weighted by molar-refractivity contribution is 7.88. The van der Waals surface area contributed by atoms with Gasteiger partial charge < -0.3 is 10.3 Å². The molecule has 6 nitrogen and oxygen atoms in total. The number of hydrogen-bond acceptors (Lipinski definition) is 4. The van der Waals surface area contributed by atoms with Gasteiger partial charge in [-0.2, -0.15) is 0 Å². The van der Waals surface area contributed by atoms with Crippen LogP contribution in [0, 0.1) is 6.92 Å². The molecule has 0 aliphatic carbocycles. The smallest absolute Gasteiger partial charge is 0.208 e. The Hall–Kier alpha value is -1.60. The van der Waals surface area contributed by atoms with Gasteiger partial charge in [-0.05, 0) is 24.6 Å². The molecule has 2 aromatic rings. The fraction of sp³-hybridized carbons (Fsp3) is 0.364. The van der Waals surface area contributed by atoms with Crippen molar-refractivity contribution < 1.29 is 8.42 Å². The Balaban J connectivity index is 2.25. The number of imidazole rings is 1. The van der Waals surface area contributed by atoms with Gasteiger partial charge in [-0.25, -0.2) is 18.1 Å². The number of rotatable bonds is 4. The van der Waals surface area contributed by atoms with E-state index in [0.29, 0.717) is 19.0 Å². The molecule has 0 spiro atoms. The van der Waals surface area contributed by atoms with Crippen LogP contribution in [0.15, 0.2) is 18.2 Å². The molecule has 98 valence electrons. The average Bonchev–Trinajstić information content (AvgIpc) is 2.52. The molecule has 0 aliphatic rings. The second-order valence-electron chi connectivity index (χ2n) is 4.28. The second-order valence-corrected chi connectivity index (χ2v) is 6.11. The number of nitrogens with two attached hydrogens (primary N) is 1. The van der Waals surface area contributed by atoms with E-state index in [2.05, 4.69) is 9.71 Å². The van der Waals surface area contributed by atoms with Crippen LogP contribution in [0.25, 0.3) is 11.0 Å². The molecule has 0 unspecified atom stereocenters. The van der Waals surface area contributed by atoms with Gasteiger partial charge in [-0.3, -0.25) is 0 Å². The maximum atomic E-state index is 11.0. The molecule has 1 heterocycles. The summed E-state index contributed by atoms with van der Waals surface area (Å²) in [5.41, 5.74) is 8.68. The first-order chi connectivity index (χ1) is 8.37. The van der Waals surface area contributed by atoms with Crippen LogP contribution in [0.4, 0.5) is 5.95 Å². The molecule has 2 rings (SSSR count). The Bertz CT molecular complexity index is 676. The number of sulfonamides is 1. The minimum Gasteiger partial charge on any atom is -0.369 e. The van der Waals surface area contributed by atoms with Crippen molar-refractivity contribution in [3.63, 3.8) is 0 Å². The highest BCUT2D eigenvalue weighted by Gasteiger charge is 2.08. The Kier molecular flexibility index (Phi) is 3.27. The largest absolute Gasteiger partial charge is 0.369 e. The molecule has 0 saturated heterocycles. The number of nitrogen functional groups attached to an aromatic ring is 1. The molecule has 0 saturated carbocycles. The van der Waals surface area contributed by atoms with Crippen molar-refractivity contribution >= 4 is 27.0 Å². The van der Waals surface area contributed by atoms with Crippen LogP contribution >= 0.6 is 0 Å². The lowest BCUT2D eigenvalue weighted by Crippen LogP contribution is -2.26. The van der Waals surface area contributed by atoms with Gasteiger partial charge in [0.05, 0.1) is 17.3 Å². The summed E-state index contributed by atoms with van der Waals surface area (Å²) < 4.78 is 26.2. The summed E-state index contributed by atoms with van der Waals surface area (Å²) in [6.07, 6.45) is 1.13. The van der Waals surface area contributed by atoms with Gasteiger partial charge in [0, 0.05) is 13.1 Å². The molecular formula is C11H16N4O2S. The number of benzene rings is 1. The van der Waals surface area contributed by atoms with E-state index in [1.807, 2.05) is 25.1 Å². The number of hydrogen-bond donors (Lipinski definition) is 2. The van der Waals surface area contributed by atoms with Crippen LogP contribution in [0.1, 0.15) is 5.56 Å². The Morgan fingerprint density at radius 1 is 1.44 bits per heavy atom. The van der Waals surface area contributed by atoms with Gasteiger partial charge in [0.1, 0.15) is 0 Å². The Labute approximate surface area is 106 Å². The van der Waals surface area contributed by atoms with E-state index in [9.17, 15) is 8.42 Å². The van der Waals surface area contributed by atoms with Crippen molar-refractivity contribution in [3.05, 3.63) is 23.8 Å². The van der Waals surface area contributed by atoms with Crippen LogP contribution < -0.4 is 10.5 Å². The predicted molar refractivity (Wildman–Crippen MR) is 71.7 cm³/mol. The molecule has 7 heteroatoms. The van der Waals surface area contributed by atoms with E-state index in [1.165, 1.54) is 0 Å². The van der Waals surface area contributed by atoms with Crippen molar-refractivity contribution in [2.24, 2.45) is 0 Å². The Morgan fingerprint density at radius 3 is 2.83 bits per heavy atom. The summed E-state index contributed by atoms with van der Waals surface area (Å²) in [4.78, 5) is 4.25. The summed E-state index contributed by atoms with van der Waals surface area (Å²) >= 11 is 0. The maximum Gasteiger partial charge on any atom is 0.208 e. The SMILES string of the molecule is Cc1ccc2c(c1)nc(N)n2CCNS(C)(=O)=O. The molecule has 0 radical (unpaired) electrons. The normalized spacial score (nSPS) is 12.1. The van der Waals surface area contributed by atoms with Crippen molar-refractivity contribution in [1.29, 1.82) is 0 Å². The van der Waals surface area contributed by atoms with E-state index in [1.54, 1.807) is 4.57 Å². The first-order valence-corrected chi connectivity index (χ1v) is 7.43. The third-order valence-corrected chi connectivity index (χ3v) is 3.36. The number of anilines is 1. The van der Waals surface area contributed by atoms with Gasteiger partial charge in [-0.15, -0.1) is 0 Å². The zero-order chi connectivity index (χ0) is 13.3. The van der Waals surface area contributed by atoms with Gasteiger partial charge >= 0.3 is 0 Å². The lowest BCUT2D eigenvalue weighted by Gasteiger charge is -2.06. The number of aryl methyl sites for hydroxylation is 1. The first kappa shape index (κ1) is 12.8. The topological polar surface area (TPSA) is 90.0 Å². The first-order valence-electron chi connectivity index (χ1n) is 5.54. The Morgan fingerprint density at radius 2 is 2.17 bits per heavy atom. The fourth-order valence-electron chi connectivity index (χ4n) is 1.84. The highest BCUT2D eigenvalue weighted by atomic mass is 32.2. The minimum atomic E-state index is -3.17. The summed E-state index contributed by atoms with van der Waals surface area (Å²) in [7, 11) is -3.17. The van der Waals surface area contributed by atoms with Crippen molar-refractivity contribution in [2.45, 2.75) is 13.5 Å². The molecule has 0 aliphatic heterocycles. The summed E-state index contributed by atoms with van der Waals surface area (Å²) in [5.74, 6) is 0.394. The monoisotopic (exact) mass is 268 g/mol. The minimum absolute atomic E-state index is 0.294. The van der Waals surface area contributed by atoms with Crippen molar-refractivity contribution in [2.75, 3.05) is 18.5 Å². The molecular weight excluding hydrogens is 252 g/mol. The molecule has 0 fully saturated rings. The van der Waals surface area contributed by atoms with Crippen molar-refractivity contribution in [1.82, 2.24) is 14.3 Å². The van der Waals surface area contributed by atoms with E-state index in [-0.39, 0.29) is 0 Å². The van der Waals surface area contributed by atoms with E-state index in [0.717, 1.165) is 22.9 Å². The van der Waals surface area contributed by atoms with Crippen molar-refractivity contribution in [3.8, 4) is 0 Å². The molecule has 0 bridgehead atoms. The third kappa shape index (κ3) is 2.80. The summed E-state index contributed by atoms with van der Waals surface area (Å²) in [6, 6.07) is 5.87. The van der Waals surface area contributed by atoms with Gasteiger partial charge in [-0.1, -0.05) is 6.07 Å². The zero-order valence-electron chi connectivity index (χ0n) is 10.3. The van der Waals surface area contributed by atoms with E-state index >= 15 is 0 Å². The third-order valence-electron chi connectivity index (χ3n) is 2.63. The van der Waals surface area contributed by atoms with Crippen LogP contribution in [-0.4, -0.2) is 30.8 Å². The zero-order valence-corrected chi connectivity index (χ0v) is 11.2. The summed E-state index contributed by atoms with van der Waals surface area (Å²) in [5, 5.41) is 0.